The third-order valence-corrected chi connectivity index (χ3v) is 7.91. The first kappa shape index (κ1) is 24.2. The van der Waals surface area contributed by atoms with Gasteiger partial charge in [-0.05, 0) is 61.8 Å². The second-order valence-corrected chi connectivity index (χ2v) is 10.3. The maximum Gasteiger partial charge on any atom is 0.261 e. The van der Waals surface area contributed by atoms with Crippen LogP contribution in [0.1, 0.15) is 69.2 Å². The number of nitrogens with zero attached hydrogens (tertiary/aromatic N) is 3. The number of amides is 4. The number of fused-ring (bicyclic) bond motifs is 1. The molecule has 0 aliphatic carbocycles. The van der Waals surface area contributed by atoms with Gasteiger partial charge in [0.2, 0.25) is 5.91 Å². The number of rotatable bonds is 5. The summed E-state index contributed by atoms with van der Waals surface area (Å²) in [5.74, 6) is 0.0700. The van der Waals surface area contributed by atoms with Crippen LogP contribution in [0.3, 0.4) is 0 Å². The van der Waals surface area contributed by atoms with Crippen molar-refractivity contribution >= 4 is 23.6 Å². The van der Waals surface area contributed by atoms with E-state index in [9.17, 15) is 19.2 Å². The molecule has 2 aromatic carbocycles. The predicted octanol–water partition coefficient (Wildman–Crippen LogP) is 3.64. The smallest absolute Gasteiger partial charge is 0.261 e. The topological polar surface area (TPSA) is 78.0 Å². The number of hydrogen-bond donors (Lipinski definition) is 0. The van der Waals surface area contributed by atoms with Gasteiger partial charge in [0.25, 0.3) is 17.7 Å². The highest BCUT2D eigenvalue weighted by atomic mass is 16.2. The lowest BCUT2D eigenvalue weighted by atomic mass is 9.92. The first-order valence-corrected chi connectivity index (χ1v) is 13.0. The zero-order valence-corrected chi connectivity index (χ0v) is 20.8. The van der Waals surface area contributed by atoms with Gasteiger partial charge in [-0.3, -0.25) is 24.1 Å². The molecule has 7 heteroatoms. The quantitative estimate of drug-likeness (QED) is 0.604. The van der Waals surface area contributed by atoms with Crippen LogP contribution >= 0.6 is 0 Å². The Morgan fingerprint density at radius 2 is 1.44 bits per heavy atom. The van der Waals surface area contributed by atoms with E-state index in [1.807, 2.05) is 35.2 Å². The molecule has 0 unspecified atom stereocenters. The zero-order valence-electron chi connectivity index (χ0n) is 20.8. The molecule has 188 valence electrons. The fourth-order valence-corrected chi connectivity index (χ4v) is 5.51. The molecule has 5 rings (SSSR count). The van der Waals surface area contributed by atoms with Gasteiger partial charge in [0, 0.05) is 44.2 Å². The maximum atomic E-state index is 13.2. The van der Waals surface area contributed by atoms with Crippen LogP contribution in [0.15, 0.2) is 48.5 Å². The summed E-state index contributed by atoms with van der Waals surface area (Å²) < 4.78 is 0. The molecule has 0 N–H and O–H groups in total. The number of hydrogen-bond acceptors (Lipinski definition) is 4. The molecule has 0 bridgehead atoms. The van der Waals surface area contributed by atoms with Crippen LogP contribution in [0.2, 0.25) is 0 Å². The standard InChI is InChI=1S/C29H33N3O4/c1-20-9-14-30(15-10-20)26(33)22-12-16-31(17-13-22)27(34)23-7-8-24-25(19-23)29(36)32(28(24)35)18-11-21-5-3-2-4-6-21/h2-8,19-20,22H,9-18H2,1H3. The first-order valence-electron chi connectivity index (χ1n) is 13.0. The van der Waals surface area contributed by atoms with Crippen LogP contribution < -0.4 is 0 Å². The molecule has 3 heterocycles. The van der Waals surface area contributed by atoms with Crippen molar-refractivity contribution in [1.29, 1.82) is 0 Å². The summed E-state index contributed by atoms with van der Waals surface area (Å²) in [7, 11) is 0. The highest BCUT2D eigenvalue weighted by molar-refractivity contribution is 6.22. The predicted molar refractivity (Wildman–Crippen MR) is 136 cm³/mol. The van der Waals surface area contributed by atoms with E-state index in [0.717, 1.165) is 31.5 Å². The molecule has 2 saturated heterocycles. The molecule has 4 amide bonds. The summed E-state index contributed by atoms with van der Waals surface area (Å²) in [6, 6.07) is 14.5. The minimum Gasteiger partial charge on any atom is -0.342 e. The van der Waals surface area contributed by atoms with Crippen molar-refractivity contribution in [3.8, 4) is 0 Å². The second kappa shape index (κ2) is 10.2. The molecule has 0 aromatic heterocycles. The Morgan fingerprint density at radius 1 is 0.806 bits per heavy atom. The molecule has 2 aromatic rings. The largest absolute Gasteiger partial charge is 0.342 e. The molecule has 3 aliphatic rings. The Hall–Kier alpha value is -3.48. The molecule has 0 spiro atoms. The number of imide groups is 1. The molecule has 0 saturated carbocycles. The van der Waals surface area contributed by atoms with Gasteiger partial charge in [0.05, 0.1) is 11.1 Å². The van der Waals surface area contributed by atoms with Gasteiger partial charge in [-0.1, -0.05) is 37.3 Å². The average molecular weight is 488 g/mol. The lowest BCUT2D eigenvalue weighted by Crippen LogP contribution is -2.46. The fourth-order valence-electron chi connectivity index (χ4n) is 5.51. The maximum absolute atomic E-state index is 13.2. The van der Waals surface area contributed by atoms with Gasteiger partial charge in [0.1, 0.15) is 0 Å². The van der Waals surface area contributed by atoms with Crippen LogP contribution in [-0.2, 0) is 11.2 Å². The van der Waals surface area contributed by atoms with E-state index in [2.05, 4.69) is 6.92 Å². The molecule has 3 aliphatic heterocycles. The molecular weight excluding hydrogens is 454 g/mol. The van der Waals surface area contributed by atoms with Crippen molar-refractivity contribution in [1.82, 2.24) is 14.7 Å². The normalized spacial score (nSPS) is 19.1. The molecule has 0 radical (unpaired) electrons. The van der Waals surface area contributed by atoms with Crippen LogP contribution in [-0.4, -0.2) is 71.1 Å². The number of likely N-dealkylation sites (tertiary alicyclic amines) is 2. The molecule has 0 atom stereocenters. The average Bonchev–Trinajstić information content (AvgIpc) is 3.16. The first-order chi connectivity index (χ1) is 17.4. The number of piperidine rings is 2. The summed E-state index contributed by atoms with van der Waals surface area (Å²) in [4.78, 5) is 57.0. The van der Waals surface area contributed by atoms with Gasteiger partial charge in [-0.2, -0.15) is 0 Å². The Balaban J connectivity index is 1.20. The highest BCUT2D eigenvalue weighted by Crippen LogP contribution is 2.27. The van der Waals surface area contributed by atoms with E-state index in [4.69, 9.17) is 0 Å². The van der Waals surface area contributed by atoms with Crippen LogP contribution in [0, 0.1) is 11.8 Å². The van der Waals surface area contributed by atoms with Crippen molar-refractivity contribution in [2.75, 3.05) is 32.7 Å². The third-order valence-electron chi connectivity index (χ3n) is 7.91. The summed E-state index contributed by atoms with van der Waals surface area (Å²) in [5.41, 5.74) is 2.12. The lowest BCUT2D eigenvalue weighted by molar-refractivity contribution is -0.138. The molecular formula is C29H33N3O4. The zero-order chi connectivity index (χ0) is 25.2. The van der Waals surface area contributed by atoms with Crippen LogP contribution in [0.4, 0.5) is 0 Å². The Kier molecular flexibility index (Phi) is 6.90. The Labute approximate surface area is 212 Å². The number of carbonyl (C=O) groups is 4. The minimum absolute atomic E-state index is 0.0279. The van der Waals surface area contributed by atoms with E-state index in [-0.39, 0.29) is 29.5 Å². The van der Waals surface area contributed by atoms with Gasteiger partial charge >= 0.3 is 0 Å². The second-order valence-electron chi connectivity index (χ2n) is 10.3. The van der Waals surface area contributed by atoms with E-state index < -0.39 is 0 Å². The molecule has 7 nitrogen and oxygen atoms in total. The summed E-state index contributed by atoms with van der Waals surface area (Å²) >= 11 is 0. The molecule has 36 heavy (non-hydrogen) atoms. The third kappa shape index (κ3) is 4.79. The van der Waals surface area contributed by atoms with Crippen molar-refractivity contribution < 1.29 is 19.2 Å². The van der Waals surface area contributed by atoms with Gasteiger partial charge in [-0.15, -0.1) is 0 Å². The SMILES string of the molecule is CC1CCN(C(=O)C2CCN(C(=O)c3ccc4c(c3)C(=O)N(CCc3ccccc3)C4=O)CC2)CC1. The number of carbonyl (C=O) groups excluding carboxylic acids is 4. The van der Waals surface area contributed by atoms with Gasteiger partial charge in [-0.25, -0.2) is 0 Å². The van der Waals surface area contributed by atoms with Gasteiger partial charge < -0.3 is 9.80 Å². The monoisotopic (exact) mass is 487 g/mol. The summed E-state index contributed by atoms with van der Waals surface area (Å²) in [5, 5.41) is 0. The van der Waals surface area contributed by atoms with E-state index in [1.54, 1.807) is 23.1 Å². The van der Waals surface area contributed by atoms with E-state index in [1.165, 1.54) is 4.90 Å². The van der Waals surface area contributed by atoms with Crippen molar-refractivity contribution in [3.63, 3.8) is 0 Å². The minimum atomic E-state index is -0.347. The number of benzene rings is 2. The van der Waals surface area contributed by atoms with E-state index >= 15 is 0 Å². The summed E-state index contributed by atoms with van der Waals surface area (Å²) in [6.45, 7) is 5.25. The summed E-state index contributed by atoms with van der Waals surface area (Å²) in [6.07, 6.45) is 4.03. The Morgan fingerprint density at radius 3 is 2.14 bits per heavy atom. The Bertz CT molecular complexity index is 1160. The van der Waals surface area contributed by atoms with Crippen molar-refractivity contribution in [2.45, 2.75) is 39.0 Å². The van der Waals surface area contributed by atoms with Crippen LogP contribution in [0.5, 0.6) is 0 Å². The lowest BCUT2D eigenvalue weighted by Gasteiger charge is -2.36. The highest BCUT2D eigenvalue weighted by Gasteiger charge is 2.37. The van der Waals surface area contributed by atoms with Crippen molar-refractivity contribution in [2.24, 2.45) is 11.8 Å². The fraction of sp³-hybridized carbons (Fsp3) is 0.448. The van der Waals surface area contributed by atoms with Gasteiger partial charge in [0.15, 0.2) is 0 Å². The van der Waals surface area contributed by atoms with E-state index in [0.29, 0.717) is 61.5 Å². The molecule has 2 fully saturated rings. The van der Waals surface area contributed by atoms with Crippen LogP contribution in [0.25, 0.3) is 0 Å². The van der Waals surface area contributed by atoms with Crippen molar-refractivity contribution in [3.05, 3.63) is 70.8 Å².